The van der Waals surface area contributed by atoms with Crippen LogP contribution in [0.25, 0.3) is 0 Å². The van der Waals surface area contributed by atoms with E-state index in [1.54, 1.807) is 31.3 Å². The van der Waals surface area contributed by atoms with E-state index in [2.05, 4.69) is 10.6 Å². The van der Waals surface area contributed by atoms with E-state index in [1.807, 2.05) is 20.8 Å². The molecule has 2 amide bonds. The van der Waals surface area contributed by atoms with Gasteiger partial charge in [-0.05, 0) is 29.7 Å². The van der Waals surface area contributed by atoms with E-state index < -0.39 is 6.04 Å². The van der Waals surface area contributed by atoms with Crippen molar-refractivity contribution in [3.8, 4) is 0 Å². The van der Waals surface area contributed by atoms with E-state index in [0.29, 0.717) is 11.3 Å². The van der Waals surface area contributed by atoms with Gasteiger partial charge in [-0.25, -0.2) is 0 Å². The van der Waals surface area contributed by atoms with Gasteiger partial charge in [0, 0.05) is 18.3 Å². The van der Waals surface area contributed by atoms with Gasteiger partial charge < -0.3 is 16.4 Å². The summed E-state index contributed by atoms with van der Waals surface area (Å²) in [6, 6.07) is 6.07. The maximum Gasteiger partial charge on any atom is 0.251 e. The number of nitrogens with one attached hydrogen (secondary N) is 2. The standard InChI is InChI=1S/C14H21N3O2/c1-14(2,3)11(15)13(19)17-10-7-5-9(6-8-10)12(18)16-4/h5-8,11H,15H2,1-4H3,(H,16,18)(H,17,19)/t11-/m0/s1. The number of nitrogens with two attached hydrogens (primary N) is 1. The zero-order valence-electron chi connectivity index (χ0n) is 11.8. The maximum absolute atomic E-state index is 11.9. The van der Waals surface area contributed by atoms with Crippen LogP contribution in [-0.4, -0.2) is 24.9 Å². The van der Waals surface area contributed by atoms with Crippen molar-refractivity contribution in [1.82, 2.24) is 5.32 Å². The summed E-state index contributed by atoms with van der Waals surface area (Å²) in [5.41, 5.74) is 6.73. The highest BCUT2D eigenvalue weighted by Gasteiger charge is 2.27. The molecule has 0 aromatic heterocycles. The fourth-order valence-electron chi connectivity index (χ4n) is 1.46. The van der Waals surface area contributed by atoms with Crippen molar-refractivity contribution in [2.45, 2.75) is 26.8 Å². The Bertz CT molecular complexity index is 461. The Kier molecular flexibility index (Phi) is 4.67. The highest BCUT2D eigenvalue weighted by Crippen LogP contribution is 2.19. The zero-order valence-corrected chi connectivity index (χ0v) is 11.8. The molecule has 0 aliphatic rings. The van der Waals surface area contributed by atoms with Gasteiger partial charge in [-0.15, -0.1) is 0 Å². The summed E-state index contributed by atoms with van der Waals surface area (Å²) in [4.78, 5) is 23.3. The molecule has 1 aromatic carbocycles. The number of rotatable bonds is 3. The fraction of sp³-hybridized carbons (Fsp3) is 0.429. The first-order valence-electron chi connectivity index (χ1n) is 6.14. The van der Waals surface area contributed by atoms with Crippen LogP contribution in [0.4, 0.5) is 5.69 Å². The van der Waals surface area contributed by atoms with Crippen LogP contribution in [0, 0.1) is 5.41 Å². The second-order valence-corrected chi connectivity index (χ2v) is 5.49. The van der Waals surface area contributed by atoms with Gasteiger partial charge in [-0.1, -0.05) is 20.8 Å². The van der Waals surface area contributed by atoms with Crippen molar-refractivity contribution in [2.75, 3.05) is 12.4 Å². The third-order valence-electron chi connectivity index (χ3n) is 2.86. The monoisotopic (exact) mass is 263 g/mol. The van der Waals surface area contributed by atoms with Crippen LogP contribution in [0.5, 0.6) is 0 Å². The summed E-state index contributed by atoms with van der Waals surface area (Å²) < 4.78 is 0. The van der Waals surface area contributed by atoms with E-state index in [0.717, 1.165) is 0 Å². The number of carbonyl (C=O) groups excluding carboxylic acids is 2. The summed E-state index contributed by atoms with van der Waals surface area (Å²) in [5, 5.41) is 5.27. The Labute approximate surface area is 113 Å². The van der Waals surface area contributed by atoms with Crippen molar-refractivity contribution in [1.29, 1.82) is 0 Å². The second-order valence-electron chi connectivity index (χ2n) is 5.49. The van der Waals surface area contributed by atoms with Crippen LogP contribution in [0.2, 0.25) is 0 Å². The van der Waals surface area contributed by atoms with Crippen LogP contribution >= 0.6 is 0 Å². The molecule has 0 aliphatic heterocycles. The topological polar surface area (TPSA) is 84.2 Å². The van der Waals surface area contributed by atoms with E-state index in [1.165, 1.54) is 0 Å². The van der Waals surface area contributed by atoms with Gasteiger partial charge >= 0.3 is 0 Å². The molecule has 0 saturated heterocycles. The lowest BCUT2D eigenvalue weighted by Gasteiger charge is -2.25. The van der Waals surface area contributed by atoms with Crippen molar-refractivity contribution >= 4 is 17.5 Å². The van der Waals surface area contributed by atoms with Gasteiger partial charge in [0.15, 0.2) is 0 Å². The molecule has 0 unspecified atom stereocenters. The molecular formula is C14H21N3O2. The summed E-state index contributed by atoms with van der Waals surface area (Å²) in [6.07, 6.45) is 0. The van der Waals surface area contributed by atoms with Crippen LogP contribution in [0.15, 0.2) is 24.3 Å². The summed E-state index contributed by atoms with van der Waals surface area (Å²) in [5.74, 6) is -0.399. The fourth-order valence-corrected chi connectivity index (χ4v) is 1.46. The average Bonchev–Trinajstić information content (AvgIpc) is 2.36. The minimum absolute atomic E-state index is 0.163. The molecule has 5 nitrogen and oxygen atoms in total. The lowest BCUT2D eigenvalue weighted by atomic mass is 9.87. The minimum Gasteiger partial charge on any atom is -0.355 e. The quantitative estimate of drug-likeness (QED) is 0.769. The number of anilines is 1. The number of benzene rings is 1. The molecule has 0 saturated carbocycles. The smallest absolute Gasteiger partial charge is 0.251 e. The molecule has 0 aliphatic carbocycles. The SMILES string of the molecule is CNC(=O)c1ccc(NC(=O)[C@H](N)C(C)(C)C)cc1. The Morgan fingerprint density at radius 1 is 1.16 bits per heavy atom. The van der Waals surface area contributed by atoms with Gasteiger partial charge in [0.05, 0.1) is 6.04 Å². The first kappa shape index (κ1) is 15.2. The maximum atomic E-state index is 11.9. The van der Waals surface area contributed by atoms with Gasteiger partial charge in [0.2, 0.25) is 5.91 Å². The highest BCUT2D eigenvalue weighted by molar-refractivity contribution is 5.97. The van der Waals surface area contributed by atoms with Crippen molar-refractivity contribution in [3.05, 3.63) is 29.8 Å². The molecule has 0 fully saturated rings. The van der Waals surface area contributed by atoms with Crippen LogP contribution < -0.4 is 16.4 Å². The predicted octanol–water partition coefficient (Wildman–Crippen LogP) is 1.36. The van der Waals surface area contributed by atoms with Crippen LogP contribution in [0.1, 0.15) is 31.1 Å². The molecule has 5 heteroatoms. The molecule has 0 radical (unpaired) electrons. The van der Waals surface area contributed by atoms with Gasteiger partial charge in [-0.2, -0.15) is 0 Å². The second kappa shape index (κ2) is 5.84. The third-order valence-corrected chi connectivity index (χ3v) is 2.86. The lowest BCUT2D eigenvalue weighted by Crippen LogP contribution is -2.45. The first-order chi connectivity index (χ1) is 8.75. The lowest BCUT2D eigenvalue weighted by molar-refractivity contribution is -0.119. The largest absolute Gasteiger partial charge is 0.355 e. The van der Waals surface area contributed by atoms with E-state index in [4.69, 9.17) is 5.73 Å². The molecule has 0 bridgehead atoms. The van der Waals surface area contributed by atoms with Crippen LogP contribution in [-0.2, 0) is 4.79 Å². The Morgan fingerprint density at radius 3 is 2.11 bits per heavy atom. The molecule has 0 heterocycles. The molecule has 1 atom stereocenters. The third kappa shape index (κ3) is 4.06. The molecular weight excluding hydrogens is 242 g/mol. The molecule has 104 valence electrons. The van der Waals surface area contributed by atoms with Crippen LogP contribution in [0.3, 0.4) is 0 Å². The first-order valence-corrected chi connectivity index (χ1v) is 6.14. The Balaban J connectivity index is 2.73. The highest BCUT2D eigenvalue weighted by atomic mass is 16.2. The molecule has 4 N–H and O–H groups in total. The van der Waals surface area contributed by atoms with E-state index in [9.17, 15) is 9.59 Å². The van der Waals surface area contributed by atoms with Gasteiger partial charge in [-0.3, -0.25) is 9.59 Å². The van der Waals surface area contributed by atoms with Crippen molar-refractivity contribution in [3.63, 3.8) is 0 Å². The summed E-state index contributed by atoms with van der Waals surface area (Å²) >= 11 is 0. The Hall–Kier alpha value is -1.88. The number of amides is 2. The van der Waals surface area contributed by atoms with E-state index >= 15 is 0 Å². The van der Waals surface area contributed by atoms with Crippen molar-refractivity contribution < 1.29 is 9.59 Å². The van der Waals surface area contributed by atoms with E-state index in [-0.39, 0.29) is 17.2 Å². The average molecular weight is 263 g/mol. The zero-order chi connectivity index (χ0) is 14.6. The predicted molar refractivity (Wildman–Crippen MR) is 75.9 cm³/mol. The molecule has 19 heavy (non-hydrogen) atoms. The Morgan fingerprint density at radius 2 is 1.68 bits per heavy atom. The molecule has 1 rings (SSSR count). The number of hydrogen-bond acceptors (Lipinski definition) is 3. The van der Waals surface area contributed by atoms with Gasteiger partial charge in [0.25, 0.3) is 5.91 Å². The summed E-state index contributed by atoms with van der Waals surface area (Å²) in [7, 11) is 1.57. The van der Waals surface area contributed by atoms with Gasteiger partial charge in [0.1, 0.15) is 0 Å². The minimum atomic E-state index is -0.592. The summed E-state index contributed by atoms with van der Waals surface area (Å²) in [6.45, 7) is 5.73. The number of hydrogen-bond donors (Lipinski definition) is 3. The molecule has 0 spiro atoms. The molecule has 1 aromatic rings. The van der Waals surface area contributed by atoms with Crippen molar-refractivity contribution in [2.24, 2.45) is 11.1 Å². The number of carbonyl (C=O) groups is 2. The normalized spacial score (nSPS) is 12.7.